The second-order valence-corrected chi connectivity index (χ2v) is 10.0. The van der Waals surface area contributed by atoms with Crippen molar-refractivity contribution in [2.75, 3.05) is 13.2 Å². The van der Waals surface area contributed by atoms with Gasteiger partial charge >= 0.3 is 110 Å². The minimum Gasteiger partial charge on any atom is -0.472 e. The van der Waals surface area contributed by atoms with Crippen LogP contribution in [0.2, 0.25) is 6.82 Å². The molecule has 132 valence electrons. The van der Waals surface area contributed by atoms with Gasteiger partial charge in [0.15, 0.2) is 0 Å². The van der Waals surface area contributed by atoms with E-state index in [1.807, 2.05) is 11.9 Å². The molecule has 0 atom stereocenters. The molecule has 0 saturated heterocycles. The molecule has 0 aromatic heterocycles. The average molecular weight is 439 g/mol. The van der Waals surface area contributed by atoms with Crippen molar-refractivity contribution in [3.63, 3.8) is 0 Å². The van der Waals surface area contributed by atoms with Crippen LogP contribution in [0, 0.1) is 6.54 Å². The molecule has 0 unspecified atom stereocenters. The molecule has 0 aliphatic heterocycles. The van der Waals surface area contributed by atoms with Crippen LogP contribution in [-0.2, 0) is 0 Å². The second-order valence-electron chi connectivity index (χ2n) is 6.48. The van der Waals surface area contributed by atoms with E-state index >= 15 is 0 Å². The molecule has 6 heteroatoms. The number of nitrogens with zero attached hydrogens (tertiary/aromatic N) is 1. The summed E-state index contributed by atoms with van der Waals surface area (Å²) in [5.41, 5.74) is 0. The van der Waals surface area contributed by atoms with Gasteiger partial charge in [0, 0.05) is 0 Å². The zero-order chi connectivity index (χ0) is 18.4. The van der Waals surface area contributed by atoms with Crippen molar-refractivity contribution in [3.05, 3.63) is 97.5 Å². The smallest absolute Gasteiger partial charge is 0.472 e. The van der Waals surface area contributed by atoms with Crippen molar-refractivity contribution < 1.29 is 108 Å². The summed E-state index contributed by atoms with van der Waals surface area (Å²) in [6.07, 6.45) is 0.867. The molecule has 2 nitrogen and oxygen atoms in total. The van der Waals surface area contributed by atoms with E-state index in [2.05, 4.69) is 97.5 Å². The third-order valence-corrected chi connectivity index (χ3v) is 9.07. The minimum atomic E-state index is -1.86. The van der Waals surface area contributed by atoms with Gasteiger partial charge in [-0.2, -0.15) is 0 Å². The molecular weight excluding hydrogens is 414 g/mol. The first-order valence-corrected chi connectivity index (χ1v) is 10.9. The van der Waals surface area contributed by atoms with Gasteiger partial charge < -0.3 is 9.83 Å². The van der Waals surface area contributed by atoms with Gasteiger partial charge in [0.1, 0.15) is 15.9 Å². The Bertz CT molecular complexity index is 710. The Morgan fingerprint density at radius 1 is 0.750 bits per heavy atom. The summed E-state index contributed by atoms with van der Waals surface area (Å²) in [5, 5.41) is 14.0. The molecule has 0 saturated carbocycles. The van der Waals surface area contributed by atoms with Crippen molar-refractivity contribution in [2.24, 2.45) is 0 Å². The van der Waals surface area contributed by atoms with Gasteiger partial charge in [0.25, 0.3) is 0 Å². The predicted octanol–water partition coefficient (Wildman–Crippen LogP) is -2.81. The van der Waals surface area contributed by atoms with Crippen LogP contribution in [0.25, 0.3) is 0 Å². The van der Waals surface area contributed by atoms with Crippen LogP contribution in [0.5, 0.6) is 0 Å². The monoisotopic (exact) mass is 439 g/mol. The van der Waals surface area contributed by atoms with Crippen LogP contribution < -0.4 is 119 Å². The largest absolute Gasteiger partial charge is 1.00 e. The third-order valence-electron chi connectivity index (χ3n) is 4.82. The van der Waals surface area contributed by atoms with Crippen molar-refractivity contribution in [1.29, 1.82) is 0 Å². The van der Waals surface area contributed by atoms with Crippen LogP contribution >= 0.6 is 7.26 Å². The van der Waals surface area contributed by atoms with Crippen molar-refractivity contribution >= 4 is 30.2 Å². The van der Waals surface area contributed by atoms with E-state index in [1.165, 1.54) is 15.9 Å². The molecule has 0 fully saturated rings. The van der Waals surface area contributed by atoms with Gasteiger partial charge in [-0.15, -0.1) is 0 Å². The summed E-state index contributed by atoms with van der Waals surface area (Å²) >= 11 is 0. The van der Waals surface area contributed by atoms with Crippen molar-refractivity contribution in [3.8, 4) is 0 Å². The Labute approximate surface area is 255 Å². The Kier molecular flexibility index (Phi) is 13.4. The third kappa shape index (κ3) is 6.67. The quantitative estimate of drug-likeness (QED) is 0.244. The molecule has 3 aromatic carbocycles. The van der Waals surface area contributed by atoms with Gasteiger partial charge in [-0.25, -0.2) is 6.54 Å². The van der Waals surface area contributed by atoms with Crippen LogP contribution in [0.15, 0.2) is 91.0 Å². The Hall–Kier alpha value is 1.35. The van der Waals surface area contributed by atoms with E-state index in [-0.39, 0.29) is 103 Å². The van der Waals surface area contributed by atoms with Crippen molar-refractivity contribution in [2.45, 2.75) is 6.82 Å². The standard InChI is InChI=1S/C22H25BNOP.2K/c1-23(25)24(2)18-19-26(20-12-6-3-7-13-20,21-14-8-4-9-15-21)22-16-10-5-11-17-22;;/h3-18,25H,19H2,1-2H3;;/q;2*+1. The molecule has 0 aliphatic rings. The van der Waals surface area contributed by atoms with E-state index in [9.17, 15) is 5.02 Å². The first-order valence-electron chi connectivity index (χ1n) is 8.93. The van der Waals surface area contributed by atoms with Gasteiger partial charge in [0.05, 0.1) is 7.26 Å². The first kappa shape index (κ1) is 27.4. The zero-order valence-electron chi connectivity index (χ0n) is 17.4. The molecule has 0 aliphatic carbocycles. The molecule has 0 bridgehead atoms. The second kappa shape index (κ2) is 13.7. The minimum absolute atomic E-state index is 0. The summed E-state index contributed by atoms with van der Waals surface area (Å²) in [6, 6.07) is 32.4. The number of benzene rings is 3. The predicted molar refractivity (Wildman–Crippen MR) is 116 cm³/mol. The number of hydrogen-bond acceptors (Lipinski definition) is 2. The summed E-state index contributed by atoms with van der Waals surface area (Å²) in [6.45, 7) is 3.94. The molecule has 0 amide bonds. The molecule has 0 heterocycles. The van der Waals surface area contributed by atoms with E-state index < -0.39 is 14.3 Å². The molecule has 0 radical (unpaired) electrons. The van der Waals surface area contributed by atoms with Gasteiger partial charge in [-0.3, -0.25) is 0 Å². The fraction of sp³-hybridized carbons (Fsp3) is 0.136. The molecule has 3 rings (SSSR count). The maximum atomic E-state index is 9.94. The summed E-state index contributed by atoms with van der Waals surface area (Å²) < 4.78 is 0. The van der Waals surface area contributed by atoms with E-state index in [4.69, 9.17) is 0 Å². The number of hydrogen-bond donors (Lipinski definition) is 1. The Balaban J connectivity index is 0.00000196. The van der Waals surface area contributed by atoms with Crippen LogP contribution in [0.3, 0.4) is 0 Å². The first-order chi connectivity index (χ1) is 12.6. The van der Waals surface area contributed by atoms with E-state index in [1.54, 1.807) is 6.82 Å². The normalized spacial score (nSPS) is 10.7. The van der Waals surface area contributed by atoms with Gasteiger partial charge in [0.2, 0.25) is 0 Å². The van der Waals surface area contributed by atoms with Crippen LogP contribution in [0.4, 0.5) is 0 Å². The number of rotatable bonds is 7. The molecule has 0 spiro atoms. The average Bonchev–Trinajstić information content (AvgIpc) is 2.70. The Morgan fingerprint density at radius 3 is 1.36 bits per heavy atom. The summed E-state index contributed by atoms with van der Waals surface area (Å²) in [7, 11) is -0.425. The van der Waals surface area contributed by atoms with E-state index in [0.29, 0.717) is 0 Å². The maximum Gasteiger partial charge on any atom is 1.00 e. The summed E-state index contributed by atoms with van der Waals surface area (Å²) in [4.78, 5) is 1.89. The summed E-state index contributed by atoms with van der Waals surface area (Å²) in [5.74, 6) is 0. The molecule has 28 heavy (non-hydrogen) atoms. The van der Waals surface area contributed by atoms with Crippen molar-refractivity contribution in [1.82, 2.24) is 4.81 Å². The van der Waals surface area contributed by atoms with Crippen LogP contribution in [0.1, 0.15) is 0 Å². The maximum absolute atomic E-state index is 9.94. The molecule has 1 N–H and O–H groups in total. The van der Waals surface area contributed by atoms with E-state index in [0.717, 1.165) is 6.16 Å². The Morgan fingerprint density at radius 2 is 1.07 bits per heavy atom. The van der Waals surface area contributed by atoms with Crippen LogP contribution in [-0.4, -0.2) is 30.1 Å². The topological polar surface area (TPSA) is 23.5 Å². The van der Waals surface area contributed by atoms with Gasteiger partial charge in [-0.05, 0) is 56.4 Å². The fourth-order valence-electron chi connectivity index (χ4n) is 3.21. The fourth-order valence-corrected chi connectivity index (χ4v) is 7.29. The molecular formula is C22H25BK2NOP+2. The SMILES string of the molecule is CB(O)N(C)[CH-]C[P+](c1ccccc1)(c1ccccc1)c1ccccc1.[K+].[K+]. The zero-order valence-corrected chi connectivity index (χ0v) is 24.5. The molecule has 3 aromatic rings. The van der Waals surface area contributed by atoms with Gasteiger partial charge in [-0.1, -0.05) is 54.6 Å².